The zero-order chi connectivity index (χ0) is 14.5. The van der Waals surface area contributed by atoms with Gasteiger partial charge in [0.1, 0.15) is 17.3 Å². The minimum Gasteiger partial charge on any atom is -0.478 e. The topological polar surface area (TPSA) is 46.5 Å². The van der Waals surface area contributed by atoms with E-state index in [9.17, 15) is 9.18 Å². The molecule has 0 fully saturated rings. The zero-order valence-corrected chi connectivity index (χ0v) is 11.8. The van der Waals surface area contributed by atoms with Crippen LogP contribution >= 0.6 is 15.9 Å². The number of benzene rings is 2. The van der Waals surface area contributed by atoms with Gasteiger partial charge in [-0.2, -0.15) is 0 Å². The quantitative estimate of drug-likeness (QED) is 0.837. The first-order chi connectivity index (χ1) is 9.54. The lowest BCUT2D eigenvalue weighted by molar-refractivity contribution is -0.131. The monoisotopic (exact) mass is 336 g/mol. The van der Waals surface area contributed by atoms with Gasteiger partial charge in [0, 0.05) is 16.1 Å². The number of hydrogen-bond acceptors (Lipinski definition) is 2. The van der Waals surface area contributed by atoms with Crippen LogP contribution in [-0.2, 0) is 4.79 Å². The van der Waals surface area contributed by atoms with Crippen LogP contribution in [0.15, 0.2) is 53.0 Å². The SMILES string of the molecule is O=C(O)/C=C/c1cc(F)ccc1Oc1cccc(Br)c1. The molecule has 0 aliphatic rings. The standard InChI is InChI=1S/C15H10BrFO3/c16-11-2-1-3-13(9-11)20-14-6-5-12(17)8-10(14)4-7-15(18)19/h1-9H,(H,18,19)/b7-4+. The maximum atomic E-state index is 13.2. The largest absolute Gasteiger partial charge is 0.478 e. The molecule has 0 saturated carbocycles. The number of aliphatic carboxylic acids is 1. The second-order valence-corrected chi connectivity index (χ2v) is 4.83. The second kappa shape index (κ2) is 6.34. The normalized spacial score (nSPS) is 10.7. The van der Waals surface area contributed by atoms with Gasteiger partial charge in [0.25, 0.3) is 0 Å². The van der Waals surface area contributed by atoms with Gasteiger partial charge in [-0.05, 0) is 42.5 Å². The second-order valence-electron chi connectivity index (χ2n) is 3.91. The van der Waals surface area contributed by atoms with E-state index in [0.717, 1.165) is 10.5 Å². The Hall–Kier alpha value is -2.14. The first kappa shape index (κ1) is 14.3. The fourth-order valence-electron chi connectivity index (χ4n) is 1.56. The van der Waals surface area contributed by atoms with Gasteiger partial charge in [0.2, 0.25) is 0 Å². The number of carbonyl (C=O) groups is 1. The summed E-state index contributed by atoms with van der Waals surface area (Å²) in [5.74, 6) is -0.628. The Morgan fingerprint density at radius 2 is 2.05 bits per heavy atom. The lowest BCUT2D eigenvalue weighted by atomic mass is 10.2. The lowest BCUT2D eigenvalue weighted by Gasteiger charge is -2.09. The van der Waals surface area contributed by atoms with Crippen molar-refractivity contribution >= 4 is 28.0 Å². The highest BCUT2D eigenvalue weighted by Gasteiger charge is 2.05. The molecule has 1 N–H and O–H groups in total. The number of ether oxygens (including phenoxy) is 1. The molecule has 2 aromatic carbocycles. The molecule has 20 heavy (non-hydrogen) atoms. The van der Waals surface area contributed by atoms with Crippen LogP contribution < -0.4 is 4.74 Å². The molecule has 0 amide bonds. The van der Waals surface area contributed by atoms with E-state index in [1.807, 2.05) is 6.07 Å². The zero-order valence-electron chi connectivity index (χ0n) is 10.2. The summed E-state index contributed by atoms with van der Waals surface area (Å²) in [4.78, 5) is 10.5. The summed E-state index contributed by atoms with van der Waals surface area (Å²) >= 11 is 3.32. The molecular weight excluding hydrogens is 327 g/mol. The lowest BCUT2D eigenvalue weighted by Crippen LogP contribution is -1.91. The maximum absolute atomic E-state index is 13.2. The van der Waals surface area contributed by atoms with E-state index >= 15 is 0 Å². The molecule has 0 bridgehead atoms. The molecule has 2 aromatic rings. The van der Waals surface area contributed by atoms with Gasteiger partial charge >= 0.3 is 5.97 Å². The fourth-order valence-corrected chi connectivity index (χ4v) is 1.94. The van der Waals surface area contributed by atoms with Gasteiger partial charge in [-0.15, -0.1) is 0 Å². The van der Waals surface area contributed by atoms with Crippen molar-refractivity contribution in [1.82, 2.24) is 0 Å². The van der Waals surface area contributed by atoms with Crippen LogP contribution in [0, 0.1) is 5.82 Å². The van der Waals surface area contributed by atoms with Crippen molar-refractivity contribution in [2.24, 2.45) is 0 Å². The summed E-state index contributed by atoms with van der Waals surface area (Å²) in [6.45, 7) is 0. The van der Waals surface area contributed by atoms with Crippen LogP contribution in [-0.4, -0.2) is 11.1 Å². The average molecular weight is 337 g/mol. The van der Waals surface area contributed by atoms with Crippen LogP contribution in [0.5, 0.6) is 11.5 Å². The van der Waals surface area contributed by atoms with E-state index in [2.05, 4.69) is 15.9 Å². The van der Waals surface area contributed by atoms with E-state index in [0.29, 0.717) is 17.1 Å². The Bertz CT molecular complexity index is 668. The van der Waals surface area contributed by atoms with Crippen molar-refractivity contribution in [1.29, 1.82) is 0 Å². The van der Waals surface area contributed by atoms with Gasteiger partial charge in [-0.1, -0.05) is 22.0 Å². The highest BCUT2D eigenvalue weighted by atomic mass is 79.9. The molecule has 0 saturated heterocycles. The van der Waals surface area contributed by atoms with Crippen molar-refractivity contribution in [2.45, 2.75) is 0 Å². The van der Waals surface area contributed by atoms with Gasteiger partial charge in [0.05, 0.1) is 0 Å². The van der Waals surface area contributed by atoms with Gasteiger partial charge < -0.3 is 9.84 Å². The number of carboxylic acid groups (broad SMARTS) is 1. The minimum atomic E-state index is -1.11. The van der Waals surface area contributed by atoms with E-state index in [-0.39, 0.29) is 0 Å². The molecule has 0 aliphatic heterocycles. The average Bonchev–Trinajstić information content (AvgIpc) is 2.39. The molecule has 0 atom stereocenters. The van der Waals surface area contributed by atoms with Crippen LogP contribution in [0.2, 0.25) is 0 Å². The van der Waals surface area contributed by atoms with Crippen LogP contribution in [0.1, 0.15) is 5.56 Å². The molecule has 2 rings (SSSR count). The number of rotatable bonds is 4. The third-order valence-electron chi connectivity index (χ3n) is 2.40. The summed E-state index contributed by atoms with van der Waals surface area (Å²) in [7, 11) is 0. The molecule has 0 aromatic heterocycles. The van der Waals surface area contributed by atoms with E-state index in [1.54, 1.807) is 18.2 Å². The minimum absolute atomic E-state index is 0.354. The van der Waals surface area contributed by atoms with Crippen molar-refractivity contribution < 1.29 is 19.0 Å². The Labute approximate surface area is 123 Å². The Morgan fingerprint density at radius 3 is 2.75 bits per heavy atom. The van der Waals surface area contributed by atoms with E-state index in [4.69, 9.17) is 9.84 Å². The summed E-state index contributed by atoms with van der Waals surface area (Å²) in [5.41, 5.74) is 0.354. The molecule has 0 spiro atoms. The Kier molecular flexibility index (Phi) is 4.53. The molecule has 0 aliphatic carbocycles. The number of halogens is 2. The molecule has 0 heterocycles. The molecular formula is C15H10BrFO3. The fraction of sp³-hybridized carbons (Fsp3) is 0. The Morgan fingerprint density at radius 1 is 1.25 bits per heavy atom. The summed E-state index contributed by atoms with van der Waals surface area (Å²) in [6.07, 6.45) is 2.22. The molecule has 102 valence electrons. The summed E-state index contributed by atoms with van der Waals surface area (Å²) < 4.78 is 19.7. The summed E-state index contributed by atoms with van der Waals surface area (Å²) in [6, 6.07) is 11.1. The number of carboxylic acids is 1. The maximum Gasteiger partial charge on any atom is 0.328 e. The highest BCUT2D eigenvalue weighted by molar-refractivity contribution is 9.10. The van der Waals surface area contributed by atoms with E-state index < -0.39 is 11.8 Å². The van der Waals surface area contributed by atoms with E-state index in [1.165, 1.54) is 24.3 Å². The smallest absolute Gasteiger partial charge is 0.328 e. The predicted octanol–water partition coefficient (Wildman–Crippen LogP) is 4.48. The highest BCUT2D eigenvalue weighted by Crippen LogP contribution is 2.28. The van der Waals surface area contributed by atoms with Crippen LogP contribution in [0.3, 0.4) is 0 Å². The van der Waals surface area contributed by atoms with Gasteiger partial charge in [-0.25, -0.2) is 9.18 Å². The van der Waals surface area contributed by atoms with Gasteiger partial charge in [-0.3, -0.25) is 0 Å². The van der Waals surface area contributed by atoms with Crippen molar-refractivity contribution in [2.75, 3.05) is 0 Å². The Balaban J connectivity index is 2.33. The summed E-state index contributed by atoms with van der Waals surface area (Å²) in [5, 5.41) is 8.63. The number of hydrogen-bond donors (Lipinski definition) is 1. The molecule has 5 heteroatoms. The molecule has 0 unspecified atom stereocenters. The van der Waals surface area contributed by atoms with Crippen molar-refractivity contribution in [3.05, 3.63) is 64.4 Å². The van der Waals surface area contributed by atoms with Crippen molar-refractivity contribution in [3.63, 3.8) is 0 Å². The third kappa shape index (κ3) is 3.93. The molecule has 3 nitrogen and oxygen atoms in total. The van der Waals surface area contributed by atoms with Crippen LogP contribution in [0.4, 0.5) is 4.39 Å². The van der Waals surface area contributed by atoms with Gasteiger partial charge in [0.15, 0.2) is 0 Å². The first-order valence-corrected chi connectivity index (χ1v) is 6.48. The predicted molar refractivity (Wildman–Crippen MR) is 77.3 cm³/mol. The first-order valence-electron chi connectivity index (χ1n) is 5.68. The third-order valence-corrected chi connectivity index (χ3v) is 2.89. The molecule has 0 radical (unpaired) electrons. The van der Waals surface area contributed by atoms with Crippen LogP contribution in [0.25, 0.3) is 6.08 Å². The van der Waals surface area contributed by atoms with Crippen molar-refractivity contribution in [3.8, 4) is 11.5 Å².